The summed E-state index contributed by atoms with van der Waals surface area (Å²) in [5.74, 6) is 2.44. The van der Waals surface area contributed by atoms with Crippen molar-refractivity contribution < 1.29 is 27.0 Å². The smallest absolute Gasteiger partial charge is 0.422 e. The van der Waals surface area contributed by atoms with Crippen molar-refractivity contribution >= 4 is 0 Å². The number of rotatable bonds is 11. The maximum atomic E-state index is 14.5. The van der Waals surface area contributed by atoms with E-state index in [2.05, 4.69) is 6.92 Å². The van der Waals surface area contributed by atoms with Crippen molar-refractivity contribution in [2.45, 2.75) is 123 Å². The van der Waals surface area contributed by atoms with Gasteiger partial charge in [0, 0.05) is 0 Å². The molecule has 0 heterocycles. The van der Waals surface area contributed by atoms with Crippen LogP contribution in [-0.4, -0.2) is 13.2 Å². The Bertz CT molecular complexity index is 861. The summed E-state index contributed by atoms with van der Waals surface area (Å²) >= 11 is 0. The first kappa shape index (κ1) is 30.5. The van der Waals surface area contributed by atoms with Gasteiger partial charge in [-0.15, -0.1) is 0 Å². The Morgan fingerprint density at radius 1 is 0.667 bits per heavy atom. The number of unbranched alkanes of at least 4 members (excludes halogenated alkanes) is 2. The minimum absolute atomic E-state index is 0.0967. The lowest BCUT2D eigenvalue weighted by Crippen LogP contribution is -2.30. The van der Waals surface area contributed by atoms with Gasteiger partial charge in [-0.25, -0.2) is 4.39 Å². The zero-order valence-electron chi connectivity index (χ0n) is 24.2. The molecule has 6 heteroatoms. The van der Waals surface area contributed by atoms with Gasteiger partial charge in [-0.2, -0.15) is 13.2 Å². The second kappa shape index (κ2) is 14.4. The molecule has 0 saturated heterocycles. The molecule has 0 amide bonds. The van der Waals surface area contributed by atoms with E-state index in [9.17, 15) is 17.6 Å². The van der Waals surface area contributed by atoms with Gasteiger partial charge >= 0.3 is 6.18 Å². The Kier molecular flexibility index (Phi) is 11.3. The number of alkyl halides is 3. The molecular formula is C33H50F4O2. The summed E-state index contributed by atoms with van der Waals surface area (Å²) in [5, 5.41) is 0. The van der Waals surface area contributed by atoms with Gasteiger partial charge in [0.1, 0.15) is 11.3 Å². The summed E-state index contributed by atoms with van der Waals surface area (Å²) in [7, 11) is 0. The molecule has 0 aromatic heterocycles. The van der Waals surface area contributed by atoms with E-state index in [1.807, 2.05) is 0 Å². The van der Waals surface area contributed by atoms with Crippen LogP contribution in [0, 0.1) is 41.3 Å². The molecule has 1 aromatic rings. The van der Waals surface area contributed by atoms with Crippen molar-refractivity contribution in [1.29, 1.82) is 0 Å². The number of ether oxygens (including phenoxy) is 2. The normalized spacial score (nSPS) is 30.2. The van der Waals surface area contributed by atoms with Gasteiger partial charge in [-0.05, 0) is 119 Å². The second-order valence-corrected chi connectivity index (χ2v) is 12.7. The summed E-state index contributed by atoms with van der Waals surface area (Å²) in [4.78, 5) is 0. The molecule has 0 spiro atoms. The van der Waals surface area contributed by atoms with E-state index in [1.165, 1.54) is 89.2 Å². The predicted molar refractivity (Wildman–Crippen MR) is 149 cm³/mol. The predicted octanol–water partition coefficient (Wildman–Crippen LogP) is 10.6. The van der Waals surface area contributed by atoms with Crippen molar-refractivity contribution in [2.75, 3.05) is 13.2 Å². The van der Waals surface area contributed by atoms with Gasteiger partial charge in [-0.3, -0.25) is 0 Å². The van der Waals surface area contributed by atoms with Gasteiger partial charge in [-0.1, -0.05) is 45.4 Å². The highest BCUT2D eigenvalue weighted by Gasteiger charge is 2.40. The Morgan fingerprint density at radius 2 is 1.15 bits per heavy atom. The molecule has 0 atom stereocenters. The maximum Gasteiger partial charge on any atom is 0.422 e. The minimum atomic E-state index is -4.84. The Balaban J connectivity index is 1.18. The van der Waals surface area contributed by atoms with E-state index < -0.39 is 23.3 Å². The van der Waals surface area contributed by atoms with Crippen molar-refractivity contribution in [2.24, 2.45) is 35.5 Å². The molecule has 1 aromatic carbocycles. The highest BCUT2D eigenvalue weighted by Crippen LogP contribution is 2.47. The van der Waals surface area contributed by atoms with Crippen LogP contribution in [0.2, 0.25) is 0 Å². The number of halogens is 4. The summed E-state index contributed by atoms with van der Waals surface area (Å²) in [6.45, 7) is 4.20. The van der Waals surface area contributed by atoms with Crippen molar-refractivity contribution in [1.82, 2.24) is 0 Å². The van der Waals surface area contributed by atoms with Gasteiger partial charge in [0.15, 0.2) is 11.6 Å². The molecule has 39 heavy (non-hydrogen) atoms. The lowest BCUT2D eigenvalue weighted by molar-refractivity contribution is -0.141. The molecule has 0 unspecified atom stereocenters. The number of benzene rings is 1. The van der Waals surface area contributed by atoms with Crippen molar-refractivity contribution in [3.63, 3.8) is 0 Å². The van der Waals surface area contributed by atoms with Crippen LogP contribution >= 0.6 is 0 Å². The second-order valence-electron chi connectivity index (χ2n) is 12.7. The molecule has 3 aliphatic rings. The van der Waals surface area contributed by atoms with Gasteiger partial charge in [0.2, 0.25) is 0 Å². The van der Waals surface area contributed by atoms with Crippen LogP contribution in [0.15, 0.2) is 12.1 Å². The van der Waals surface area contributed by atoms with Crippen LogP contribution in [0.1, 0.15) is 122 Å². The van der Waals surface area contributed by atoms with E-state index in [0.29, 0.717) is 0 Å². The van der Waals surface area contributed by atoms with E-state index in [0.717, 1.165) is 55.3 Å². The Labute approximate surface area is 233 Å². The summed E-state index contributed by atoms with van der Waals surface area (Å²) < 4.78 is 65.9. The van der Waals surface area contributed by atoms with Gasteiger partial charge < -0.3 is 9.47 Å². The molecule has 0 bridgehead atoms. The van der Waals surface area contributed by atoms with Crippen molar-refractivity contribution in [3.8, 4) is 11.5 Å². The van der Waals surface area contributed by atoms with Crippen LogP contribution < -0.4 is 9.47 Å². The van der Waals surface area contributed by atoms with Crippen LogP contribution in [0.4, 0.5) is 17.6 Å². The summed E-state index contributed by atoms with van der Waals surface area (Å²) in [6.07, 6.45) is 16.3. The fourth-order valence-electron chi connectivity index (χ4n) is 7.94. The Morgan fingerprint density at radius 3 is 1.64 bits per heavy atom. The highest BCUT2D eigenvalue weighted by molar-refractivity contribution is 5.44. The number of hydrogen-bond acceptors (Lipinski definition) is 2. The molecule has 0 N–H and O–H groups in total. The average molecular weight is 555 g/mol. The first-order valence-corrected chi connectivity index (χ1v) is 15.9. The van der Waals surface area contributed by atoms with E-state index in [4.69, 9.17) is 9.47 Å². The first-order valence-electron chi connectivity index (χ1n) is 15.9. The molecule has 0 aliphatic heterocycles. The molecule has 3 aliphatic carbocycles. The molecule has 3 saturated carbocycles. The number of hydrogen-bond donors (Lipinski definition) is 0. The third kappa shape index (κ3) is 8.28. The molecule has 0 radical (unpaired) electrons. The SMILES string of the molecule is CCCCCC1CCC(C2CCC(C3CCC(COc4ccc(OCC)c(F)c4C(F)(F)F)CC3)CC2)CC1. The molecule has 2 nitrogen and oxygen atoms in total. The molecule has 4 rings (SSSR count). The first-order chi connectivity index (χ1) is 18.8. The van der Waals surface area contributed by atoms with Crippen LogP contribution in [0.3, 0.4) is 0 Å². The van der Waals surface area contributed by atoms with Crippen LogP contribution in [0.25, 0.3) is 0 Å². The van der Waals surface area contributed by atoms with E-state index in [-0.39, 0.29) is 24.9 Å². The highest BCUT2D eigenvalue weighted by atomic mass is 19.4. The van der Waals surface area contributed by atoms with Crippen LogP contribution in [0.5, 0.6) is 11.5 Å². The third-order valence-electron chi connectivity index (χ3n) is 10.3. The summed E-state index contributed by atoms with van der Waals surface area (Å²) in [6, 6.07) is 2.43. The monoisotopic (exact) mass is 554 g/mol. The minimum Gasteiger partial charge on any atom is -0.493 e. The maximum absolute atomic E-state index is 14.5. The van der Waals surface area contributed by atoms with Gasteiger partial charge in [0.25, 0.3) is 0 Å². The molecule has 3 fully saturated rings. The van der Waals surface area contributed by atoms with Crippen molar-refractivity contribution in [3.05, 3.63) is 23.5 Å². The third-order valence-corrected chi connectivity index (χ3v) is 10.3. The Hall–Kier alpha value is -1.46. The zero-order valence-corrected chi connectivity index (χ0v) is 24.2. The lowest BCUT2D eigenvalue weighted by Gasteiger charge is -2.41. The quantitative estimate of drug-likeness (QED) is 0.200. The molecular weight excluding hydrogens is 504 g/mol. The summed E-state index contributed by atoms with van der Waals surface area (Å²) in [5.41, 5.74) is -1.36. The van der Waals surface area contributed by atoms with Crippen LogP contribution in [-0.2, 0) is 6.18 Å². The average Bonchev–Trinajstić information content (AvgIpc) is 2.93. The largest absolute Gasteiger partial charge is 0.493 e. The van der Waals surface area contributed by atoms with E-state index in [1.54, 1.807) is 6.92 Å². The van der Waals surface area contributed by atoms with Gasteiger partial charge in [0.05, 0.1) is 13.2 Å². The fraction of sp³-hybridized carbons (Fsp3) is 0.818. The zero-order chi connectivity index (χ0) is 27.8. The lowest BCUT2D eigenvalue weighted by atomic mass is 9.65. The van der Waals surface area contributed by atoms with E-state index >= 15 is 0 Å². The topological polar surface area (TPSA) is 18.5 Å². The fourth-order valence-corrected chi connectivity index (χ4v) is 7.94. The standard InChI is InChI=1S/C33H50F4O2/c1-3-5-6-7-23-8-12-25(13-9-23)27-16-18-28(19-17-27)26-14-10-24(11-15-26)22-39-29-20-21-30(38-4-2)32(34)31(29)33(35,36)37/h20-21,23-28H,3-19,22H2,1-2H3. The molecule has 222 valence electrons.